The SMILES string of the molecule is COc1cc(Nc2cccc([N+](=O)[O-])n2)ccc1C. The van der Waals surface area contributed by atoms with Gasteiger partial charge in [0.1, 0.15) is 5.75 Å². The Bertz CT molecular complexity index is 614. The van der Waals surface area contributed by atoms with Crippen LogP contribution in [0.5, 0.6) is 5.75 Å². The first-order chi connectivity index (χ1) is 9.10. The van der Waals surface area contributed by atoms with Crippen LogP contribution >= 0.6 is 0 Å². The Balaban J connectivity index is 2.26. The van der Waals surface area contributed by atoms with Crippen LogP contribution in [0.1, 0.15) is 5.56 Å². The summed E-state index contributed by atoms with van der Waals surface area (Å²) in [6.45, 7) is 1.94. The largest absolute Gasteiger partial charge is 0.496 e. The molecule has 0 aliphatic carbocycles. The second-order valence-corrected chi connectivity index (χ2v) is 3.95. The minimum Gasteiger partial charge on any atom is -0.496 e. The van der Waals surface area contributed by atoms with Gasteiger partial charge in [0.2, 0.25) is 5.82 Å². The molecular weight excluding hydrogens is 246 g/mol. The van der Waals surface area contributed by atoms with Gasteiger partial charge in [-0.3, -0.25) is 0 Å². The van der Waals surface area contributed by atoms with Crippen LogP contribution in [-0.2, 0) is 0 Å². The van der Waals surface area contributed by atoms with Crippen molar-refractivity contribution in [3.63, 3.8) is 0 Å². The van der Waals surface area contributed by atoms with Gasteiger partial charge in [-0.1, -0.05) is 6.07 Å². The molecule has 0 atom stereocenters. The van der Waals surface area contributed by atoms with E-state index in [0.717, 1.165) is 17.0 Å². The van der Waals surface area contributed by atoms with Crippen molar-refractivity contribution in [1.29, 1.82) is 0 Å². The second-order valence-electron chi connectivity index (χ2n) is 3.95. The van der Waals surface area contributed by atoms with Crippen LogP contribution < -0.4 is 10.1 Å². The van der Waals surface area contributed by atoms with E-state index in [-0.39, 0.29) is 5.82 Å². The monoisotopic (exact) mass is 259 g/mol. The molecule has 0 saturated carbocycles. The fraction of sp³-hybridized carbons (Fsp3) is 0.154. The predicted octanol–water partition coefficient (Wildman–Crippen LogP) is 3.05. The molecule has 0 bridgehead atoms. The number of rotatable bonds is 4. The summed E-state index contributed by atoms with van der Waals surface area (Å²) in [5, 5.41) is 13.7. The summed E-state index contributed by atoms with van der Waals surface area (Å²) in [6, 6.07) is 10.2. The zero-order chi connectivity index (χ0) is 13.8. The summed E-state index contributed by atoms with van der Waals surface area (Å²) in [5.74, 6) is 0.972. The van der Waals surface area contributed by atoms with E-state index in [1.54, 1.807) is 19.2 Å². The van der Waals surface area contributed by atoms with Crippen LogP contribution in [0.25, 0.3) is 0 Å². The minimum absolute atomic E-state index is 0.191. The van der Waals surface area contributed by atoms with E-state index in [1.165, 1.54) is 6.07 Å². The maximum atomic E-state index is 10.6. The number of ether oxygens (including phenoxy) is 1. The van der Waals surface area contributed by atoms with Gasteiger partial charge in [-0.25, -0.2) is 0 Å². The Morgan fingerprint density at radius 2 is 2.11 bits per heavy atom. The van der Waals surface area contributed by atoms with E-state index in [9.17, 15) is 10.1 Å². The summed E-state index contributed by atoms with van der Waals surface area (Å²) in [6.07, 6.45) is 0. The Labute approximate surface area is 110 Å². The van der Waals surface area contributed by atoms with E-state index in [0.29, 0.717) is 5.82 Å². The van der Waals surface area contributed by atoms with Crippen molar-refractivity contribution in [2.75, 3.05) is 12.4 Å². The smallest absolute Gasteiger partial charge is 0.365 e. The molecule has 6 heteroatoms. The number of pyridine rings is 1. The summed E-state index contributed by atoms with van der Waals surface area (Å²) in [7, 11) is 1.59. The molecule has 2 aromatic rings. The third-order valence-electron chi connectivity index (χ3n) is 2.60. The maximum absolute atomic E-state index is 10.6. The van der Waals surface area contributed by atoms with Crippen molar-refractivity contribution in [3.05, 3.63) is 52.1 Å². The van der Waals surface area contributed by atoms with Crippen LogP contribution in [0, 0.1) is 17.0 Å². The van der Waals surface area contributed by atoms with E-state index in [4.69, 9.17) is 4.74 Å². The van der Waals surface area contributed by atoms with Crippen molar-refractivity contribution in [1.82, 2.24) is 4.98 Å². The van der Waals surface area contributed by atoms with Crippen molar-refractivity contribution >= 4 is 17.3 Å². The molecule has 0 amide bonds. The third-order valence-corrected chi connectivity index (χ3v) is 2.60. The molecule has 0 unspecified atom stereocenters. The first-order valence-corrected chi connectivity index (χ1v) is 5.63. The van der Waals surface area contributed by atoms with Crippen LogP contribution in [0.15, 0.2) is 36.4 Å². The molecule has 98 valence electrons. The topological polar surface area (TPSA) is 77.3 Å². The highest BCUT2D eigenvalue weighted by atomic mass is 16.6. The number of nitrogens with one attached hydrogen (secondary N) is 1. The zero-order valence-corrected chi connectivity index (χ0v) is 10.6. The summed E-state index contributed by atoms with van der Waals surface area (Å²) < 4.78 is 5.22. The fourth-order valence-electron chi connectivity index (χ4n) is 1.64. The van der Waals surface area contributed by atoms with Gasteiger partial charge in [0.05, 0.1) is 7.11 Å². The molecule has 2 rings (SSSR count). The van der Waals surface area contributed by atoms with E-state index >= 15 is 0 Å². The standard InChI is InChI=1S/C13H13N3O3/c1-9-6-7-10(8-11(9)19-2)14-12-4-3-5-13(15-12)16(17)18/h3-8H,1-2H3,(H,14,15). The Morgan fingerprint density at radius 1 is 1.32 bits per heavy atom. The van der Waals surface area contributed by atoms with E-state index in [2.05, 4.69) is 10.3 Å². The van der Waals surface area contributed by atoms with Gasteiger partial charge in [-0.05, 0) is 34.5 Å². The van der Waals surface area contributed by atoms with Crippen molar-refractivity contribution in [2.45, 2.75) is 6.92 Å². The van der Waals surface area contributed by atoms with Crippen LogP contribution in [-0.4, -0.2) is 17.0 Å². The highest BCUT2D eigenvalue weighted by molar-refractivity contribution is 5.60. The van der Waals surface area contributed by atoms with Gasteiger partial charge in [0, 0.05) is 23.9 Å². The number of benzene rings is 1. The molecule has 0 spiro atoms. The molecule has 0 saturated heterocycles. The fourth-order valence-corrected chi connectivity index (χ4v) is 1.64. The third kappa shape index (κ3) is 2.98. The number of hydrogen-bond donors (Lipinski definition) is 1. The van der Waals surface area contributed by atoms with Gasteiger partial charge in [-0.15, -0.1) is 0 Å². The molecule has 1 N–H and O–H groups in total. The predicted molar refractivity (Wildman–Crippen MR) is 71.9 cm³/mol. The molecular formula is C13H13N3O3. The summed E-state index contributed by atoms with van der Waals surface area (Å²) in [5.41, 5.74) is 1.77. The van der Waals surface area contributed by atoms with Gasteiger partial charge < -0.3 is 20.2 Å². The van der Waals surface area contributed by atoms with Gasteiger partial charge in [0.15, 0.2) is 0 Å². The van der Waals surface area contributed by atoms with Crippen molar-refractivity contribution in [2.24, 2.45) is 0 Å². The van der Waals surface area contributed by atoms with E-state index < -0.39 is 4.92 Å². The highest BCUT2D eigenvalue weighted by Crippen LogP contribution is 2.24. The second kappa shape index (κ2) is 5.34. The highest BCUT2D eigenvalue weighted by Gasteiger charge is 2.10. The Kier molecular flexibility index (Phi) is 3.61. The molecule has 19 heavy (non-hydrogen) atoms. The molecule has 0 aliphatic heterocycles. The molecule has 0 radical (unpaired) electrons. The zero-order valence-electron chi connectivity index (χ0n) is 10.6. The van der Waals surface area contributed by atoms with Gasteiger partial charge >= 0.3 is 5.82 Å². The van der Waals surface area contributed by atoms with Crippen molar-refractivity contribution in [3.8, 4) is 5.75 Å². The van der Waals surface area contributed by atoms with Crippen LogP contribution in [0.2, 0.25) is 0 Å². The molecule has 1 heterocycles. The number of methoxy groups -OCH3 is 1. The van der Waals surface area contributed by atoms with E-state index in [1.807, 2.05) is 25.1 Å². The molecule has 0 aliphatic rings. The first kappa shape index (κ1) is 12.8. The normalized spacial score (nSPS) is 10.0. The number of aryl methyl sites for hydroxylation is 1. The molecule has 1 aromatic carbocycles. The molecule has 6 nitrogen and oxygen atoms in total. The Hall–Kier alpha value is -2.63. The first-order valence-electron chi connectivity index (χ1n) is 5.63. The van der Waals surface area contributed by atoms with Crippen LogP contribution in [0.3, 0.4) is 0 Å². The summed E-state index contributed by atoms with van der Waals surface area (Å²) in [4.78, 5) is 14.0. The summed E-state index contributed by atoms with van der Waals surface area (Å²) >= 11 is 0. The molecule has 0 fully saturated rings. The lowest BCUT2D eigenvalue weighted by molar-refractivity contribution is -0.389. The van der Waals surface area contributed by atoms with Gasteiger partial charge in [0.25, 0.3) is 0 Å². The Morgan fingerprint density at radius 3 is 2.79 bits per heavy atom. The maximum Gasteiger partial charge on any atom is 0.365 e. The average molecular weight is 259 g/mol. The number of anilines is 2. The number of aromatic nitrogens is 1. The quantitative estimate of drug-likeness (QED) is 0.674. The minimum atomic E-state index is -0.527. The number of nitrogens with zero attached hydrogens (tertiary/aromatic N) is 2. The molecule has 1 aromatic heterocycles. The van der Waals surface area contributed by atoms with Crippen LogP contribution in [0.4, 0.5) is 17.3 Å². The lowest BCUT2D eigenvalue weighted by Gasteiger charge is -2.07. The van der Waals surface area contributed by atoms with Gasteiger partial charge in [-0.2, -0.15) is 0 Å². The lowest BCUT2D eigenvalue weighted by atomic mass is 10.2. The lowest BCUT2D eigenvalue weighted by Crippen LogP contribution is -1.98. The number of nitro groups is 1. The number of hydrogen-bond acceptors (Lipinski definition) is 5. The average Bonchev–Trinajstić information content (AvgIpc) is 2.41. The van der Waals surface area contributed by atoms with Crippen molar-refractivity contribution < 1.29 is 9.66 Å².